The van der Waals surface area contributed by atoms with Crippen molar-refractivity contribution in [2.75, 3.05) is 32.8 Å². The Labute approximate surface area is 267 Å². The van der Waals surface area contributed by atoms with E-state index in [2.05, 4.69) is 22.0 Å². The molecule has 3 aromatic rings. The van der Waals surface area contributed by atoms with Crippen LogP contribution in [0.1, 0.15) is 51.5 Å². The van der Waals surface area contributed by atoms with E-state index in [1.54, 1.807) is 0 Å². The number of hydrogen-bond donors (Lipinski definition) is 3. The van der Waals surface area contributed by atoms with E-state index in [1.165, 1.54) is 4.90 Å². The average Bonchev–Trinajstić information content (AvgIpc) is 3.58. The third kappa shape index (κ3) is 9.78. The Morgan fingerprint density at radius 1 is 0.932 bits per heavy atom. The van der Waals surface area contributed by atoms with Crippen LogP contribution in [0.2, 0.25) is 0 Å². The van der Waals surface area contributed by atoms with Crippen molar-refractivity contribution in [1.82, 2.24) is 20.9 Å². The van der Waals surface area contributed by atoms with Gasteiger partial charge in [0.15, 0.2) is 0 Å². The molecule has 3 amide bonds. The highest BCUT2D eigenvalue weighted by Gasteiger charge is 2.40. The minimum Gasteiger partial charge on any atom is -0.492 e. The van der Waals surface area contributed by atoms with Crippen LogP contribution in [0, 0.1) is 5.92 Å². The Morgan fingerprint density at radius 3 is 2.36 bits per heavy atom. The SMILES string of the molecule is CCC(CC)C(=O)N(C(=O)[C@@H]1CCCN1)[C@H](Cc1ccc2ccccc2c1)C(=O)NCCCNCCOc1ccccc1.Cl. The van der Waals surface area contributed by atoms with Crippen LogP contribution in [0.5, 0.6) is 5.75 Å². The van der Waals surface area contributed by atoms with Gasteiger partial charge in [-0.05, 0) is 73.7 Å². The number of imide groups is 1. The Bertz CT molecular complexity index is 1310. The molecule has 9 heteroatoms. The lowest BCUT2D eigenvalue weighted by molar-refractivity contribution is -0.155. The Morgan fingerprint density at radius 2 is 1.66 bits per heavy atom. The number of nitrogens with zero attached hydrogens (tertiary/aromatic N) is 1. The predicted octanol–water partition coefficient (Wildman–Crippen LogP) is 4.89. The maximum atomic E-state index is 13.9. The van der Waals surface area contributed by atoms with Gasteiger partial charge in [-0.25, -0.2) is 0 Å². The summed E-state index contributed by atoms with van der Waals surface area (Å²) in [6.45, 7) is 7.02. The number of benzene rings is 3. The first-order valence-electron chi connectivity index (χ1n) is 15.8. The monoisotopic (exact) mass is 622 g/mol. The molecule has 0 saturated carbocycles. The van der Waals surface area contributed by atoms with Crippen molar-refractivity contribution in [3.8, 4) is 5.75 Å². The molecular formula is C35H47ClN4O4. The molecule has 4 rings (SSSR count). The highest BCUT2D eigenvalue weighted by molar-refractivity contribution is 6.03. The average molecular weight is 623 g/mol. The summed E-state index contributed by atoms with van der Waals surface area (Å²) in [6, 6.07) is 22.4. The van der Waals surface area contributed by atoms with Crippen molar-refractivity contribution in [3.63, 3.8) is 0 Å². The first kappa shape index (κ1) is 35.0. The fraction of sp³-hybridized carbons (Fsp3) is 0.457. The molecule has 0 aliphatic carbocycles. The van der Waals surface area contributed by atoms with Crippen LogP contribution in [-0.2, 0) is 20.8 Å². The van der Waals surface area contributed by atoms with E-state index in [0.29, 0.717) is 51.9 Å². The summed E-state index contributed by atoms with van der Waals surface area (Å²) < 4.78 is 5.71. The van der Waals surface area contributed by atoms with Gasteiger partial charge in [-0.15, -0.1) is 12.4 Å². The van der Waals surface area contributed by atoms with Gasteiger partial charge in [0.1, 0.15) is 18.4 Å². The number of amides is 3. The molecule has 0 bridgehead atoms. The van der Waals surface area contributed by atoms with E-state index >= 15 is 0 Å². The fourth-order valence-corrected chi connectivity index (χ4v) is 5.63. The third-order valence-corrected chi connectivity index (χ3v) is 8.15. The number of nitrogens with one attached hydrogen (secondary N) is 3. The van der Waals surface area contributed by atoms with Crippen molar-refractivity contribution >= 4 is 40.9 Å². The van der Waals surface area contributed by atoms with E-state index in [-0.39, 0.29) is 42.5 Å². The van der Waals surface area contributed by atoms with Crippen LogP contribution in [0.3, 0.4) is 0 Å². The predicted molar refractivity (Wildman–Crippen MR) is 178 cm³/mol. The van der Waals surface area contributed by atoms with Gasteiger partial charge in [-0.2, -0.15) is 0 Å². The summed E-state index contributed by atoms with van der Waals surface area (Å²) in [5.74, 6) is -0.338. The van der Waals surface area contributed by atoms with E-state index in [4.69, 9.17) is 4.74 Å². The topological polar surface area (TPSA) is 99.8 Å². The number of para-hydroxylation sites is 1. The molecule has 8 nitrogen and oxygen atoms in total. The van der Waals surface area contributed by atoms with Gasteiger partial charge < -0.3 is 20.7 Å². The maximum absolute atomic E-state index is 13.9. The smallest absolute Gasteiger partial charge is 0.247 e. The van der Waals surface area contributed by atoms with Crippen LogP contribution in [0.4, 0.5) is 0 Å². The van der Waals surface area contributed by atoms with Crippen LogP contribution >= 0.6 is 12.4 Å². The van der Waals surface area contributed by atoms with Gasteiger partial charge in [-0.3, -0.25) is 19.3 Å². The summed E-state index contributed by atoms with van der Waals surface area (Å²) in [7, 11) is 0. The molecule has 0 unspecified atom stereocenters. The second kappa shape index (κ2) is 18.4. The fourth-order valence-electron chi connectivity index (χ4n) is 5.63. The number of halogens is 1. The molecule has 1 heterocycles. The zero-order valence-electron chi connectivity index (χ0n) is 25.9. The van der Waals surface area contributed by atoms with Crippen LogP contribution < -0.4 is 20.7 Å². The normalized spacial score (nSPS) is 15.0. The lowest BCUT2D eigenvalue weighted by atomic mass is 9.96. The second-order valence-electron chi connectivity index (χ2n) is 11.2. The van der Waals surface area contributed by atoms with Crippen molar-refractivity contribution in [1.29, 1.82) is 0 Å². The van der Waals surface area contributed by atoms with Gasteiger partial charge in [0.25, 0.3) is 0 Å². The molecule has 1 fully saturated rings. The van der Waals surface area contributed by atoms with Gasteiger partial charge >= 0.3 is 0 Å². The van der Waals surface area contributed by atoms with Crippen LogP contribution in [0.25, 0.3) is 10.8 Å². The van der Waals surface area contributed by atoms with Crippen molar-refractivity contribution in [3.05, 3.63) is 78.4 Å². The number of carbonyl (C=O) groups excluding carboxylic acids is 3. The minimum atomic E-state index is -0.934. The van der Waals surface area contributed by atoms with Crippen molar-refractivity contribution in [2.24, 2.45) is 5.92 Å². The quantitative estimate of drug-likeness (QED) is 0.197. The zero-order valence-corrected chi connectivity index (χ0v) is 26.7. The van der Waals surface area contributed by atoms with Gasteiger partial charge in [0, 0.05) is 25.4 Å². The van der Waals surface area contributed by atoms with E-state index in [0.717, 1.165) is 35.1 Å². The van der Waals surface area contributed by atoms with E-state index < -0.39 is 12.1 Å². The third-order valence-electron chi connectivity index (χ3n) is 8.15. The first-order valence-corrected chi connectivity index (χ1v) is 15.8. The lowest BCUT2D eigenvalue weighted by Gasteiger charge is -2.33. The lowest BCUT2D eigenvalue weighted by Crippen LogP contribution is -2.58. The Kier molecular flexibility index (Phi) is 14.6. The molecule has 1 aliphatic heterocycles. The zero-order chi connectivity index (χ0) is 30.4. The molecule has 44 heavy (non-hydrogen) atoms. The molecular weight excluding hydrogens is 576 g/mol. The maximum Gasteiger partial charge on any atom is 0.247 e. The summed E-state index contributed by atoms with van der Waals surface area (Å²) in [5, 5.41) is 11.8. The van der Waals surface area contributed by atoms with Crippen LogP contribution in [0.15, 0.2) is 72.8 Å². The second-order valence-corrected chi connectivity index (χ2v) is 11.2. The summed E-state index contributed by atoms with van der Waals surface area (Å²) in [6.07, 6.45) is 3.72. The molecule has 2 atom stereocenters. The van der Waals surface area contributed by atoms with E-state index in [9.17, 15) is 14.4 Å². The summed E-state index contributed by atoms with van der Waals surface area (Å²) >= 11 is 0. The van der Waals surface area contributed by atoms with Crippen molar-refractivity contribution in [2.45, 2.75) is 64.5 Å². The van der Waals surface area contributed by atoms with E-state index in [1.807, 2.05) is 80.6 Å². The standard InChI is InChI=1S/C35H46N4O4.ClH/c1-3-27(4-2)34(41)39(35(42)31-16-10-20-37-31)32(25-26-17-18-28-12-8-9-13-29(28)24-26)33(40)38-21-11-19-36-22-23-43-30-14-6-5-7-15-30;/h5-9,12-15,17-18,24,27,31-32,36-37H,3-4,10-11,16,19-23,25H2,1-2H3,(H,38,40);1H/t31-,32+;/m0./s1. The molecule has 0 aromatic heterocycles. The first-order chi connectivity index (χ1) is 21.0. The van der Waals surface area contributed by atoms with Gasteiger partial charge in [0.05, 0.1) is 6.04 Å². The number of carbonyl (C=O) groups is 3. The van der Waals surface area contributed by atoms with Gasteiger partial charge in [0.2, 0.25) is 17.7 Å². The molecule has 0 radical (unpaired) electrons. The largest absolute Gasteiger partial charge is 0.492 e. The van der Waals surface area contributed by atoms with Crippen LogP contribution in [-0.4, -0.2) is 67.5 Å². The summed E-state index contributed by atoms with van der Waals surface area (Å²) in [5.41, 5.74) is 0.911. The Balaban J connectivity index is 0.00000529. The molecule has 1 saturated heterocycles. The van der Waals surface area contributed by atoms with Gasteiger partial charge in [-0.1, -0.05) is 74.5 Å². The Hall–Kier alpha value is -3.46. The highest BCUT2D eigenvalue weighted by atomic mass is 35.5. The van der Waals surface area contributed by atoms with Crippen molar-refractivity contribution < 1.29 is 19.1 Å². The minimum absolute atomic E-state index is 0. The molecule has 3 N–H and O–H groups in total. The number of fused-ring (bicyclic) bond motifs is 1. The molecule has 238 valence electrons. The number of rotatable bonds is 16. The number of ether oxygens (including phenoxy) is 1. The molecule has 3 aromatic carbocycles. The molecule has 0 spiro atoms. The molecule has 1 aliphatic rings. The highest BCUT2D eigenvalue weighted by Crippen LogP contribution is 2.23. The number of hydrogen-bond acceptors (Lipinski definition) is 6. The summed E-state index contributed by atoms with van der Waals surface area (Å²) in [4.78, 5) is 42.9.